The minimum Gasteiger partial charge on any atom is -0.393 e. The van der Waals surface area contributed by atoms with E-state index in [0.29, 0.717) is 53.8 Å². The second kappa shape index (κ2) is 7.03. The van der Waals surface area contributed by atoms with E-state index in [9.17, 15) is 15.0 Å². The van der Waals surface area contributed by atoms with Crippen molar-refractivity contribution in [1.82, 2.24) is 4.90 Å². The van der Waals surface area contributed by atoms with Crippen molar-refractivity contribution >= 4 is 5.78 Å². The number of rotatable bonds is 0. The normalized spacial score (nSPS) is 59.2. The summed E-state index contributed by atoms with van der Waals surface area (Å²) in [6.07, 6.45) is 9.08. The monoisotopic (exact) mass is 429 g/mol. The summed E-state index contributed by atoms with van der Waals surface area (Å²) in [7, 11) is 0. The third-order valence-electron chi connectivity index (χ3n) is 11.8. The summed E-state index contributed by atoms with van der Waals surface area (Å²) in [6.45, 7) is 9.23. The van der Waals surface area contributed by atoms with Crippen LogP contribution in [0.15, 0.2) is 0 Å². The van der Waals surface area contributed by atoms with Crippen molar-refractivity contribution in [2.45, 2.75) is 96.3 Å². The number of nitrogens with zero attached hydrogens (tertiary/aromatic N) is 1. The van der Waals surface area contributed by atoms with Crippen molar-refractivity contribution in [3.05, 3.63) is 0 Å². The fraction of sp³-hybridized carbons (Fsp3) is 0.963. The number of carbonyl (C=O) groups excluding carboxylic acids is 1. The first-order valence-electron chi connectivity index (χ1n) is 13.4. The molecule has 2 N–H and O–H groups in total. The van der Waals surface area contributed by atoms with E-state index in [2.05, 4.69) is 25.7 Å². The van der Waals surface area contributed by atoms with E-state index in [1.165, 1.54) is 25.8 Å². The van der Waals surface area contributed by atoms with Gasteiger partial charge in [0.15, 0.2) is 0 Å². The lowest BCUT2D eigenvalue weighted by Gasteiger charge is -2.59. The maximum absolute atomic E-state index is 13.2. The topological polar surface area (TPSA) is 60.8 Å². The van der Waals surface area contributed by atoms with Crippen molar-refractivity contribution in [3.8, 4) is 0 Å². The smallest absolute Gasteiger partial charge is 0.136 e. The summed E-state index contributed by atoms with van der Waals surface area (Å²) in [5.41, 5.74) is -0.482. The van der Waals surface area contributed by atoms with Crippen LogP contribution in [0.3, 0.4) is 0 Å². The highest BCUT2D eigenvalue weighted by atomic mass is 16.3. The summed E-state index contributed by atoms with van der Waals surface area (Å²) in [5.74, 6) is 4.82. The van der Waals surface area contributed by atoms with Crippen molar-refractivity contribution in [2.24, 2.45) is 52.8 Å². The van der Waals surface area contributed by atoms with Gasteiger partial charge in [0.05, 0.1) is 11.7 Å². The van der Waals surface area contributed by atoms with Gasteiger partial charge in [0, 0.05) is 31.5 Å². The van der Waals surface area contributed by atoms with Crippen molar-refractivity contribution in [1.29, 1.82) is 0 Å². The Morgan fingerprint density at radius 3 is 2.52 bits per heavy atom. The molecule has 0 spiro atoms. The number of aliphatic hydroxyl groups excluding tert-OH is 1. The summed E-state index contributed by atoms with van der Waals surface area (Å²) in [4.78, 5) is 15.9. The van der Waals surface area contributed by atoms with Gasteiger partial charge in [-0.15, -0.1) is 0 Å². The van der Waals surface area contributed by atoms with Crippen LogP contribution < -0.4 is 0 Å². The maximum atomic E-state index is 13.2. The summed E-state index contributed by atoms with van der Waals surface area (Å²) < 4.78 is 0. The van der Waals surface area contributed by atoms with Crippen LogP contribution >= 0.6 is 0 Å². The molecule has 6 aliphatic rings. The Morgan fingerprint density at radius 2 is 1.71 bits per heavy atom. The van der Waals surface area contributed by atoms with Crippen LogP contribution in [0.25, 0.3) is 0 Å². The zero-order valence-electron chi connectivity index (χ0n) is 19.8. The average molecular weight is 430 g/mol. The molecule has 0 unspecified atom stereocenters. The quantitative estimate of drug-likeness (QED) is 0.613. The SMILES string of the molecule is C[C@H]1CC[C@H]2N(C1)C[C@H]1[C@@H]3C[C@H]4[C@@H](CC(=O)[C@H]5C[C@@H](O)CC[C@@]54C)[C@H]3CC[C@@H]1[C@]2(C)O. The Kier molecular flexibility index (Phi) is 4.78. The molecule has 6 rings (SSSR count). The number of hydrogen-bond donors (Lipinski definition) is 2. The summed E-state index contributed by atoms with van der Waals surface area (Å²) >= 11 is 0. The fourth-order valence-corrected chi connectivity index (χ4v) is 10.4. The molecule has 0 aromatic rings. The third-order valence-corrected chi connectivity index (χ3v) is 11.8. The fourth-order valence-electron chi connectivity index (χ4n) is 10.4. The minimum absolute atomic E-state index is 0.0789. The third kappa shape index (κ3) is 2.93. The van der Waals surface area contributed by atoms with E-state index >= 15 is 0 Å². The highest BCUT2D eigenvalue weighted by Gasteiger charge is 2.64. The van der Waals surface area contributed by atoms with Crippen LogP contribution in [0.5, 0.6) is 0 Å². The van der Waals surface area contributed by atoms with E-state index < -0.39 is 5.60 Å². The molecule has 31 heavy (non-hydrogen) atoms. The van der Waals surface area contributed by atoms with Crippen LogP contribution in [-0.2, 0) is 4.79 Å². The molecule has 12 atom stereocenters. The van der Waals surface area contributed by atoms with Crippen molar-refractivity contribution in [3.63, 3.8) is 0 Å². The van der Waals surface area contributed by atoms with E-state index in [4.69, 9.17) is 0 Å². The minimum atomic E-state index is -0.570. The number of aliphatic hydroxyl groups is 2. The van der Waals surface area contributed by atoms with Gasteiger partial charge in [0.1, 0.15) is 5.78 Å². The highest BCUT2D eigenvalue weighted by molar-refractivity contribution is 5.83. The molecule has 0 amide bonds. The maximum Gasteiger partial charge on any atom is 0.136 e. The van der Waals surface area contributed by atoms with Crippen LogP contribution in [0.4, 0.5) is 0 Å². The lowest BCUT2D eigenvalue weighted by atomic mass is 9.51. The van der Waals surface area contributed by atoms with Crippen molar-refractivity contribution < 1.29 is 15.0 Å². The zero-order chi connectivity index (χ0) is 21.7. The van der Waals surface area contributed by atoms with Gasteiger partial charge in [0.25, 0.3) is 0 Å². The summed E-state index contributed by atoms with van der Waals surface area (Å²) in [5, 5.41) is 22.1. The molecule has 2 saturated heterocycles. The van der Waals surface area contributed by atoms with E-state index in [1.54, 1.807) is 0 Å². The van der Waals surface area contributed by atoms with Gasteiger partial charge in [-0.2, -0.15) is 0 Å². The Labute approximate surface area is 188 Å². The van der Waals surface area contributed by atoms with Gasteiger partial charge in [0.2, 0.25) is 0 Å². The predicted molar refractivity (Wildman–Crippen MR) is 120 cm³/mol. The molecule has 0 bridgehead atoms. The number of ketones is 1. The number of carbonyl (C=O) groups is 1. The molecule has 0 radical (unpaired) electrons. The number of Topliss-reactive ketones (excluding diaryl/α,β-unsaturated/α-hetero) is 1. The molecule has 4 saturated carbocycles. The van der Waals surface area contributed by atoms with Gasteiger partial charge >= 0.3 is 0 Å². The molecular formula is C27H43NO3. The second-order valence-electron chi connectivity index (χ2n) is 13.2. The van der Waals surface area contributed by atoms with Gasteiger partial charge in [-0.05, 0) is 105 Å². The molecule has 174 valence electrons. The number of fused-ring (bicyclic) bond motifs is 8. The van der Waals surface area contributed by atoms with Crippen molar-refractivity contribution in [2.75, 3.05) is 13.1 Å². The first kappa shape index (κ1) is 21.1. The standard InChI is InChI=1S/C27H43NO3/c1-15-4-7-25-27(3,31)21-6-5-17-18(20(21)14-28(25)13-15)11-22-19(17)12-24(30)23-10-16(29)8-9-26(22,23)2/h15-23,25,29,31H,4-14H2,1-3H3/t15-,16-,17-,18+,19-,20-,21-,22-,23+,25+,26+,27-/m0/s1. The summed E-state index contributed by atoms with van der Waals surface area (Å²) in [6, 6.07) is 0.341. The molecule has 4 nitrogen and oxygen atoms in total. The number of piperidine rings is 2. The van der Waals surface area contributed by atoms with Gasteiger partial charge in [-0.1, -0.05) is 13.8 Å². The molecule has 2 aliphatic heterocycles. The molecule has 0 aromatic carbocycles. The van der Waals surface area contributed by atoms with Crippen LogP contribution in [-0.4, -0.2) is 51.7 Å². The predicted octanol–water partition coefficient (Wildman–Crippen LogP) is 3.89. The average Bonchev–Trinajstić information content (AvgIpc) is 3.09. The van der Waals surface area contributed by atoms with E-state index in [0.717, 1.165) is 44.6 Å². The Balaban J connectivity index is 1.31. The van der Waals surface area contributed by atoms with Crippen LogP contribution in [0.2, 0.25) is 0 Å². The Hall–Kier alpha value is -0.450. The number of hydrogen-bond acceptors (Lipinski definition) is 4. The van der Waals surface area contributed by atoms with E-state index in [-0.39, 0.29) is 17.4 Å². The highest BCUT2D eigenvalue weighted by Crippen LogP contribution is 2.66. The lowest BCUT2D eigenvalue weighted by molar-refractivity contribution is -0.175. The molecule has 2 heterocycles. The van der Waals surface area contributed by atoms with Gasteiger partial charge < -0.3 is 10.2 Å². The largest absolute Gasteiger partial charge is 0.393 e. The van der Waals surface area contributed by atoms with Crippen LogP contribution in [0, 0.1) is 52.8 Å². The molecular weight excluding hydrogens is 386 g/mol. The molecule has 0 aromatic heterocycles. The van der Waals surface area contributed by atoms with Crippen LogP contribution in [0.1, 0.15) is 78.6 Å². The first-order chi connectivity index (χ1) is 14.7. The molecule has 4 aliphatic carbocycles. The second-order valence-corrected chi connectivity index (χ2v) is 13.2. The Bertz CT molecular complexity index is 751. The Morgan fingerprint density at radius 1 is 0.903 bits per heavy atom. The van der Waals surface area contributed by atoms with E-state index in [1.807, 2.05) is 0 Å². The zero-order valence-corrected chi connectivity index (χ0v) is 19.8. The molecule has 4 heteroatoms. The molecule has 6 fully saturated rings. The van der Waals surface area contributed by atoms with Gasteiger partial charge in [-0.3, -0.25) is 9.69 Å². The van der Waals surface area contributed by atoms with Gasteiger partial charge in [-0.25, -0.2) is 0 Å². The first-order valence-corrected chi connectivity index (χ1v) is 13.4. The lowest BCUT2D eigenvalue weighted by Crippen LogP contribution is -2.67.